The zero-order valence-electron chi connectivity index (χ0n) is 14.0. The molecule has 1 aromatic heterocycles. The molecule has 5 nitrogen and oxygen atoms in total. The van der Waals surface area contributed by atoms with Crippen molar-refractivity contribution < 1.29 is 9.15 Å². The number of rotatable bonds is 3. The number of ether oxygens (including phenoxy) is 1. The minimum Gasteiger partial charge on any atom is -0.425 e. The summed E-state index contributed by atoms with van der Waals surface area (Å²) in [5, 5.41) is 8.15. The molecule has 3 heterocycles. The molecule has 3 aliphatic rings. The second kappa shape index (κ2) is 5.87. The molecule has 2 aliphatic heterocycles. The molecule has 124 valence electrons. The smallest absolute Gasteiger partial charge is 0.219 e. The van der Waals surface area contributed by atoms with E-state index in [1.165, 1.54) is 5.57 Å². The summed E-state index contributed by atoms with van der Waals surface area (Å²) in [5.41, 5.74) is 1.46. The van der Waals surface area contributed by atoms with Crippen LogP contribution in [0.5, 0.6) is 0 Å². The third-order valence-corrected chi connectivity index (χ3v) is 5.63. The fourth-order valence-corrected chi connectivity index (χ4v) is 3.86. The monoisotopic (exact) mass is 315 g/mol. The Bertz CT molecular complexity index is 622. The Balaban J connectivity index is 1.34. The van der Waals surface area contributed by atoms with Gasteiger partial charge in [-0.2, -0.15) is 0 Å². The average Bonchev–Trinajstić information content (AvgIpc) is 2.99. The van der Waals surface area contributed by atoms with Crippen molar-refractivity contribution in [2.24, 2.45) is 0 Å². The highest BCUT2D eigenvalue weighted by molar-refractivity contribution is 5.32. The number of hydrogen-bond donors (Lipinski definition) is 0. The van der Waals surface area contributed by atoms with E-state index in [4.69, 9.17) is 9.15 Å². The molecule has 1 aliphatic carbocycles. The lowest BCUT2D eigenvalue weighted by molar-refractivity contribution is -0.110. The largest absolute Gasteiger partial charge is 0.425 e. The Hall–Kier alpha value is -1.46. The number of hydrogen-bond acceptors (Lipinski definition) is 5. The van der Waals surface area contributed by atoms with Crippen LogP contribution < -0.4 is 0 Å². The van der Waals surface area contributed by atoms with Crippen LogP contribution in [0.25, 0.3) is 0 Å². The summed E-state index contributed by atoms with van der Waals surface area (Å²) in [7, 11) is 0. The maximum atomic E-state index is 5.73. The molecular formula is C18H25N3O2. The standard InChI is InChI=1S/C18H25N3O2/c1-13(15-3-7-18(8-4-15)9-12-22-18)21-10-5-16(6-11-21)17-20-19-14(2)23-17/h3-4,7,13,16H,5-6,8-12H2,1-2H3. The van der Waals surface area contributed by atoms with Gasteiger partial charge < -0.3 is 9.15 Å². The molecule has 0 amide bonds. The predicted molar refractivity (Wildman–Crippen MR) is 87.2 cm³/mol. The van der Waals surface area contributed by atoms with E-state index in [0.29, 0.717) is 17.9 Å². The van der Waals surface area contributed by atoms with Crippen LogP contribution in [0.4, 0.5) is 0 Å². The number of nitrogens with zero attached hydrogens (tertiary/aromatic N) is 3. The Morgan fingerprint density at radius 1 is 1.30 bits per heavy atom. The van der Waals surface area contributed by atoms with Gasteiger partial charge in [0.25, 0.3) is 0 Å². The van der Waals surface area contributed by atoms with Crippen LogP contribution in [0.2, 0.25) is 0 Å². The summed E-state index contributed by atoms with van der Waals surface area (Å²) >= 11 is 0. The quantitative estimate of drug-likeness (QED) is 0.858. The van der Waals surface area contributed by atoms with Gasteiger partial charge in [0.15, 0.2) is 0 Å². The fourth-order valence-electron chi connectivity index (χ4n) is 3.86. The van der Waals surface area contributed by atoms with Gasteiger partial charge in [-0.05, 0) is 44.8 Å². The molecule has 1 spiro atoms. The summed E-state index contributed by atoms with van der Waals surface area (Å²) in [4.78, 5) is 2.57. The minimum absolute atomic E-state index is 0.0338. The summed E-state index contributed by atoms with van der Waals surface area (Å²) in [6.07, 6.45) is 11.3. The Morgan fingerprint density at radius 3 is 2.61 bits per heavy atom. The van der Waals surface area contributed by atoms with Crippen LogP contribution in [-0.4, -0.2) is 46.4 Å². The summed E-state index contributed by atoms with van der Waals surface area (Å²) < 4.78 is 11.3. The van der Waals surface area contributed by atoms with E-state index >= 15 is 0 Å². The second-order valence-electron chi connectivity index (χ2n) is 7.05. The van der Waals surface area contributed by atoms with Gasteiger partial charge in [0.1, 0.15) is 0 Å². The molecule has 2 unspecified atom stereocenters. The van der Waals surface area contributed by atoms with Crippen LogP contribution in [0.1, 0.15) is 50.3 Å². The van der Waals surface area contributed by atoms with Crippen LogP contribution in [0.3, 0.4) is 0 Å². The maximum absolute atomic E-state index is 5.73. The van der Waals surface area contributed by atoms with Crippen LogP contribution in [0, 0.1) is 6.92 Å². The van der Waals surface area contributed by atoms with Gasteiger partial charge in [0.05, 0.1) is 12.2 Å². The van der Waals surface area contributed by atoms with Gasteiger partial charge in [-0.3, -0.25) is 4.90 Å². The van der Waals surface area contributed by atoms with E-state index in [9.17, 15) is 0 Å². The van der Waals surface area contributed by atoms with Gasteiger partial charge in [0.2, 0.25) is 11.8 Å². The first-order chi connectivity index (χ1) is 11.2. The SMILES string of the molecule is Cc1nnc(C2CCN(C(C)C3=CCC4(C=C3)CCO4)CC2)o1. The van der Waals surface area contributed by atoms with Crippen molar-refractivity contribution in [1.82, 2.24) is 15.1 Å². The van der Waals surface area contributed by atoms with Crippen molar-refractivity contribution in [1.29, 1.82) is 0 Å². The van der Waals surface area contributed by atoms with Gasteiger partial charge in [-0.15, -0.1) is 10.2 Å². The molecule has 0 N–H and O–H groups in total. The Kier molecular flexibility index (Phi) is 3.85. The van der Waals surface area contributed by atoms with Gasteiger partial charge in [-0.25, -0.2) is 0 Å². The predicted octanol–water partition coefficient (Wildman–Crippen LogP) is 2.99. The number of piperidine rings is 1. The number of aryl methyl sites for hydroxylation is 1. The molecule has 4 rings (SSSR count). The lowest BCUT2D eigenvalue weighted by Gasteiger charge is -2.42. The minimum atomic E-state index is 0.0338. The number of likely N-dealkylation sites (tertiary alicyclic amines) is 1. The lowest BCUT2D eigenvalue weighted by atomic mass is 9.84. The van der Waals surface area contributed by atoms with E-state index in [1.807, 2.05) is 6.92 Å². The zero-order valence-corrected chi connectivity index (χ0v) is 14.0. The highest BCUT2D eigenvalue weighted by Gasteiger charge is 2.37. The molecule has 5 heteroatoms. The Labute approximate surface area is 137 Å². The van der Waals surface area contributed by atoms with Crippen molar-refractivity contribution in [3.8, 4) is 0 Å². The van der Waals surface area contributed by atoms with Crippen LogP contribution >= 0.6 is 0 Å². The van der Waals surface area contributed by atoms with E-state index in [0.717, 1.165) is 51.3 Å². The normalized spacial score (nSPS) is 30.3. The molecule has 0 aromatic carbocycles. The van der Waals surface area contributed by atoms with Crippen molar-refractivity contribution in [2.75, 3.05) is 19.7 Å². The zero-order chi connectivity index (χ0) is 15.9. The van der Waals surface area contributed by atoms with Crippen molar-refractivity contribution in [3.05, 3.63) is 35.6 Å². The highest BCUT2D eigenvalue weighted by atomic mass is 16.5. The molecule has 1 aromatic rings. The molecular weight excluding hydrogens is 290 g/mol. The molecule has 0 bridgehead atoms. The first-order valence-electron chi connectivity index (χ1n) is 8.72. The molecule has 2 atom stereocenters. The first kappa shape index (κ1) is 15.1. The third-order valence-electron chi connectivity index (χ3n) is 5.63. The average molecular weight is 315 g/mol. The van der Waals surface area contributed by atoms with Crippen LogP contribution in [0.15, 0.2) is 28.2 Å². The first-order valence-corrected chi connectivity index (χ1v) is 8.72. The van der Waals surface area contributed by atoms with Gasteiger partial charge >= 0.3 is 0 Å². The third kappa shape index (κ3) is 2.88. The maximum Gasteiger partial charge on any atom is 0.219 e. The molecule has 23 heavy (non-hydrogen) atoms. The fraction of sp³-hybridized carbons (Fsp3) is 0.667. The molecule has 2 fully saturated rings. The summed E-state index contributed by atoms with van der Waals surface area (Å²) in [6, 6.07) is 0.467. The van der Waals surface area contributed by atoms with Crippen molar-refractivity contribution in [3.63, 3.8) is 0 Å². The Morgan fingerprint density at radius 2 is 2.09 bits per heavy atom. The molecule has 0 saturated carbocycles. The summed E-state index contributed by atoms with van der Waals surface area (Å²) in [5.74, 6) is 1.90. The molecule has 0 radical (unpaired) electrons. The molecule has 2 saturated heterocycles. The van der Waals surface area contributed by atoms with Crippen molar-refractivity contribution >= 4 is 0 Å². The lowest BCUT2D eigenvalue weighted by Crippen LogP contribution is -2.44. The van der Waals surface area contributed by atoms with Gasteiger partial charge in [-0.1, -0.05) is 18.2 Å². The van der Waals surface area contributed by atoms with Crippen LogP contribution in [-0.2, 0) is 4.74 Å². The van der Waals surface area contributed by atoms with E-state index in [1.54, 1.807) is 0 Å². The second-order valence-corrected chi connectivity index (χ2v) is 7.05. The number of aromatic nitrogens is 2. The van der Waals surface area contributed by atoms with E-state index in [2.05, 4.69) is 40.2 Å². The van der Waals surface area contributed by atoms with Gasteiger partial charge in [0, 0.05) is 25.3 Å². The van der Waals surface area contributed by atoms with Crippen molar-refractivity contribution in [2.45, 2.75) is 57.1 Å². The van der Waals surface area contributed by atoms with E-state index < -0.39 is 0 Å². The topological polar surface area (TPSA) is 51.4 Å². The van der Waals surface area contributed by atoms with E-state index in [-0.39, 0.29) is 5.60 Å². The highest BCUT2D eigenvalue weighted by Crippen LogP contribution is 2.37. The summed E-state index contributed by atoms with van der Waals surface area (Å²) in [6.45, 7) is 7.24.